The number of aromatic nitrogens is 2. The van der Waals surface area contributed by atoms with Crippen LogP contribution in [0.4, 0.5) is 0 Å². The van der Waals surface area contributed by atoms with Crippen LogP contribution in [0.3, 0.4) is 0 Å². The summed E-state index contributed by atoms with van der Waals surface area (Å²) in [5.41, 5.74) is 1.91. The van der Waals surface area contributed by atoms with Crippen LogP contribution >= 0.6 is 0 Å². The summed E-state index contributed by atoms with van der Waals surface area (Å²) in [5, 5.41) is 13.8. The zero-order chi connectivity index (χ0) is 14.1. The smallest absolute Gasteiger partial charge is 0.340 e. The van der Waals surface area contributed by atoms with Crippen LogP contribution in [0.25, 0.3) is 16.8 Å². The zero-order valence-electron chi connectivity index (χ0n) is 10.8. The van der Waals surface area contributed by atoms with Gasteiger partial charge in [0.05, 0.1) is 12.6 Å². The molecule has 3 rings (SSSR count). The third kappa shape index (κ3) is 1.89. The molecule has 0 unspecified atom stereocenters. The summed E-state index contributed by atoms with van der Waals surface area (Å²) in [7, 11) is 1.54. The minimum Gasteiger partial charge on any atom is -0.497 e. The molecule has 2 heterocycles. The summed E-state index contributed by atoms with van der Waals surface area (Å²) in [4.78, 5) is 11.6. The Kier molecular flexibility index (Phi) is 2.87. The SMILES string of the molecule is COc1ccn2nc(-c3ccccc3)c(C(=O)O)c2c1. The number of hydrogen-bond donors (Lipinski definition) is 1. The van der Waals surface area contributed by atoms with Crippen molar-refractivity contribution in [1.29, 1.82) is 0 Å². The molecule has 0 atom stereocenters. The van der Waals surface area contributed by atoms with Gasteiger partial charge in [0, 0.05) is 17.8 Å². The average molecular weight is 268 g/mol. The molecule has 5 heteroatoms. The third-order valence-electron chi connectivity index (χ3n) is 3.10. The predicted molar refractivity (Wildman–Crippen MR) is 74.1 cm³/mol. The number of nitrogens with zero attached hydrogens (tertiary/aromatic N) is 2. The lowest BCUT2D eigenvalue weighted by molar-refractivity contribution is 0.0700. The highest BCUT2D eigenvalue weighted by molar-refractivity contribution is 6.02. The van der Waals surface area contributed by atoms with Gasteiger partial charge in [-0.2, -0.15) is 5.10 Å². The first kappa shape index (κ1) is 12.2. The van der Waals surface area contributed by atoms with Crippen molar-refractivity contribution < 1.29 is 14.6 Å². The van der Waals surface area contributed by atoms with E-state index in [1.807, 2.05) is 30.3 Å². The standard InChI is InChI=1S/C15H12N2O3/c1-20-11-7-8-17-12(9-11)13(15(18)19)14(16-17)10-5-3-2-4-6-10/h2-9H,1H3,(H,18,19). The average Bonchev–Trinajstić information content (AvgIpc) is 2.86. The number of rotatable bonds is 3. The van der Waals surface area contributed by atoms with Crippen molar-refractivity contribution >= 4 is 11.5 Å². The van der Waals surface area contributed by atoms with E-state index in [9.17, 15) is 9.90 Å². The van der Waals surface area contributed by atoms with E-state index in [-0.39, 0.29) is 5.56 Å². The second-order valence-corrected chi connectivity index (χ2v) is 4.29. The summed E-state index contributed by atoms with van der Waals surface area (Å²) in [6.45, 7) is 0. The van der Waals surface area contributed by atoms with Gasteiger partial charge in [0.25, 0.3) is 0 Å². The molecule has 0 spiro atoms. The van der Waals surface area contributed by atoms with Crippen LogP contribution in [0.2, 0.25) is 0 Å². The van der Waals surface area contributed by atoms with Crippen LogP contribution in [0.15, 0.2) is 48.7 Å². The number of carbonyl (C=O) groups is 1. The molecule has 0 bridgehead atoms. The Morgan fingerprint density at radius 3 is 2.65 bits per heavy atom. The highest BCUT2D eigenvalue weighted by Gasteiger charge is 2.20. The lowest BCUT2D eigenvalue weighted by Gasteiger charge is -2.00. The molecule has 20 heavy (non-hydrogen) atoms. The maximum atomic E-state index is 11.6. The van der Waals surface area contributed by atoms with Crippen LogP contribution in [0.5, 0.6) is 5.75 Å². The molecule has 100 valence electrons. The molecule has 0 amide bonds. The number of ether oxygens (including phenoxy) is 1. The van der Waals surface area contributed by atoms with Crippen LogP contribution < -0.4 is 4.74 Å². The van der Waals surface area contributed by atoms with Crippen molar-refractivity contribution in [2.45, 2.75) is 0 Å². The number of aromatic carboxylic acids is 1. The number of methoxy groups -OCH3 is 1. The molecule has 0 saturated carbocycles. The van der Waals surface area contributed by atoms with Crippen molar-refractivity contribution in [1.82, 2.24) is 9.61 Å². The molecule has 0 saturated heterocycles. The Balaban J connectivity index is 2.32. The largest absolute Gasteiger partial charge is 0.497 e. The van der Waals surface area contributed by atoms with Crippen LogP contribution in [-0.4, -0.2) is 27.8 Å². The fourth-order valence-electron chi connectivity index (χ4n) is 2.16. The van der Waals surface area contributed by atoms with Crippen molar-refractivity contribution in [3.05, 3.63) is 54.2 Å². The minimum atomic E-state index is -1.01. The number of benzene rings is 1. The first-order valence-electron chi connectivity index (χ1n) is 6.06. The van der Waals surface area contributed by atoms with E-state index >= 15 is 0 Å². The van der Waals surface area contributed by atoms with Crippen molar-refractivity contribution in [2.24, 2.45) is 0 Å². The van der Waals surface area contributed by atoms with Gasteiger partial charge in [-0.1, -0.05) is 30.3 Å². The van der Waals surface area contributed by atoms with Gasteiger partial charge in [-0.05, 0) is 6.07 Å². The van der Waals surface area contributed by atoms with Crippen molar-refractivity contribution in [2.75, 3.05) is 7.11 Å². The molecule has 1 N–H and O–H groups in total. The molecule has 0 fully saturated rings. The Labute approximate surface area is 115 Å². The van der Waals surface area contributed by atoms with Crippen molar-refractivity contribution in [3.8, 4) is 17.0 Å². The van der Waals surface area contributed by atoms with Gasteiger partial charge in [-0.3, -0.25) is 0 Å². The van der Waals surface area contributed by atoms with E-state index in [1.165, 1.54) is 0 Å². The molecular formula is C15H12N2O3. The highest BCUT2D eigenvalue weighted by Crippen LogP contribution is 2.27. The number of carboxylic acid groups (broad SMARTS) is 1. The predicted octanol–water partition coefficient (Wildman–Crippen LogP) is 2.71. The maximum absolute atomic E-state index is 11.6. The van der Waals surface area contributed by atoms with E-state index in [0.29, 0.717) is 17.0 Å². The van der Waals surface area contributed by atoms with E-state index in [2.05, 4.69) is 5.10 Å². The minimum absolute atomic E-state index is 0.176. The van der Waals surface area contributed by atoms with Gasteiger partial charge in [-0.15, -0.1) is 0 Å². The lowest BCUT2D eigenvalue weighted by Crippen LogP contribution is -1.98. The summed E-state index contributed by atoms with van der Waals surface area (Å²) < 4.78 is 6.69. The first-order valence-corrected chi connectivity index (χ1v) is 6.06. The van der Waals surface area contributed by atoms with Gasteiger partial charge in [0.2, 0.25) is 0 Å². The Bertz CT molecular complexity index is 778. The molecule has 5 nitrogen and oxygen atoms in total. The number of fused-ring (bicyclic) bond motifs is 1. The normalized spacial score (nSPS) is 10.7. The number of carboxylic acids is 1. The molecule has 3 aromatic rings. The van der Waals surface area contributed by atoms with Gasteiger partial charge in [0.1, 0.15) is 17.0 Å². The zero-order valence-corrected chi connectivity index (χ0v) is 10.8. The molecule has 0 radical (unpaired) electrons. The lowest BCUT2D eigenvalue weighted by atomic mass is 10.1. The Hall–Kier alpha value is -2.82. The topological polar surface area (TPSA) is 63.8 Å². The van der Waals surface area contributed by atoms with Gasteiger partial charge < -0.3 is 9.84 Å². The highest BCUT2D eigenvalue weighted by atomic mass is 16.5. The fourth-order valence-corrected chi connectivity index (χ4v) is 2.16. The monoisotopic (exact) mass is 268 g/mol. The van der Waals surface area contributed by atoms with E-state index in [4.69, 9.17) is 4.74 Å². The quantitative estimate of drug-likeness (QED) is 0.793. The van der Waals surface area contributed by atoms with Gasteiger partial charge in [-0.25, -0.2) is 9.31 Å². The molecular weight excluding hydrogens is 256 g/mol. The summed E-state index contributed by atoms with van der Waals surface area (Å²) in [6, 6.07) is 12.7. The maximum Gasteiger partial charge on any atom is 0.340 e. The summed E-state index contributed by atoms with van der Waals surface area (Å²) in [5.74, 6) is -0.411. The van der Waals surface area contributed by atoms with E-state index in [1.54, 1.807) is 30.0 Å². The van der Waals surface area contributed by atoms with E-state index in [0.717, 1.165) is 5.56 Å². The number of hydrogen-bond acceptors (Lipinski definition) is 3. The summed E-state index contributed by atoms with van der Waals surface area (Å²) >= 11 is 0. The Morgan fingerprint density at radius 1 is 1.25 bits per heavy atom. The number of pyridine rings is 1. The third-order valence-corrected chi connectivity index (χ3v) is 3.10. The van der Waals surface area contributed by atoms with Gasteiger partial charge >= 0.3 is 5.97 Å². The van der Waals surface area contributed by atoms with E-state index < -0.39 is 5.97 Å². The second kappa shape index (κ2) is 4.70. The molecule has 1 aromatic carbocycles. The van der Waals surface area contributed by atoms with Crippen LogP contribution in [-0.2, 0) is 0 Å². The Morgan fingerprint density at radius 2 is 2.00 bits per heavy atom. The van der Waals surface area contributed by atoms with Crippen LogP contribution in [0.1, 0.15) is 10.4 Å². The van der Waals surface area contributed by atoms with Crippen LogP contribution in [0, 0.1) is 0 Å². The summed E-state index contributed by atoms with van der Waals surface area (Å²) in [6.07, 6.45) is 1.69. The molecule has 0 aliphatic carbocycles. The molecule has 2 aromatic heterocycles. The fraction of sp³-hybridized carbons (Fsp3) is 0.0667. The molecule has 0 aliphatic heterocycles. The first-order chi connectivity index (χ1) is 9.70. The second-order valence-electron chi connectivity index (χ2n) is 4.29. The van der Waals surface area contributed by atoms with Crippen molar-refractivity contribution in [3.63, 3.8) is 0 Å². The van der Waals surface area contributed by atoms with Gasteiger partial charge in [0.15, 0.2) is 0 Å². The molecule has 0 aliphatic rings.